The van der Waals surface area contributed by atoms with Crippen LogP contribution in [-0.4, -0.2) is 24.9 Å². The number of rotatable bonds is 6. The lowest BCUT2D eigenvalue weighted by Gasteiger charge is -2.12. The molecule has 0 radical (unpaired) electrons. The second kappa shape index (κ2) is 5.52. The highest BCUT2D eigenvalue weighted by Crippen LogP contribution is 2.54. The molecule has 4 heteroatoms. The predicted octanol–water partition coefficient (Wildman–Crippen LogP) is 1.06. The van der Waals surface area contributed by atoms with Crippen molar-refractivity contribution in [1.82, 2.24) is 10.6 Å². The molecule has 2 aliphatic rings. The number of carbonyl (C=O) groups is 2. The first-order valence-electron chi connectivity index (χ1n) is 6.75. The third-order valence-corrected chi connectivity index (χ3v) is 3.84. The molecule has 0 aromatic carbocycles. The molecule has 2 amide bonds. The van der Waals surface area contributed by atoms with Gasteiger partial charge in [-0.1, -0.05) is 6.92 Å². The maximum absolute atomic E-state index is 11.8. The van der Waals surface area contributed by atoms with Crippen molar-refractivity contribution in [2.45, 2.75) is 39.0 Å². The van der Waals surface area contributed by atoms with E-state index in [4.69, 9.17) is 0 Å². The molecule has 17 heavy (non-hydrogen) atoms. The van der Waals surface area contributed by atoms with Crippen molar-refractivity contribution < 1.29 is 9.59 Å². The van der Waals surface area contributed by atoms with Crippen molar-refractivity contribution in [3.63, 3.8) is 0 Å². The van der Waals surface area contributed by atoms with Crippen LogP contribution in [0.4, 0.5) is 0 Å². The highest BCUT2D eigenvalue weighted by Gasteiger charge is 2.47. The Morgan fingerprint density at radius 2 is 1.76 bits per heavy atom. The van der Waals surface area contributed by atoms with Gasteiger partial charge < -0.3 is 10.6 Å². The maximum atomic E-state index is 11.8. The first-order valence-corrected chi connectivity index (χ1v) is 6.75. The molecule has 0 heterocycles. The Labute approximate surface area is 103 Å². The van der Waals surface area contributed by atoms with E-state index in [1.807, 2.05) is 6.92 Å². The van der Waals surface area contributed by atoms with Crippen LogP contribution in [0, 0.1) is 17.8 Å². The molecule has 0 aliphatic heterocycles. The van der Waals surface area contributed by atoms with E-state index in [9.17, 15) is 9.59 Å². The van der Waals surface area contributed by atoms with Gasteiger partial charge in [0.25, 0.3) is 0 Å². The molecule has 2 rings (SSSR count). The third kappa shape index (κ3) is 3.45. The smallest absolute Gasteiger partial charge is 0.223 e. The minimum Gasteiger partial charge on any atom is -0.356 e. The second-order valence-electron chi connectivity index (χ2n) is 5.32. The molecule has 2 atom stereocenters. The van der Waals surface area contributed by atoms with E-state index in [1.165, 1.54) is 6.42 Å². The van der Waals surface area contributed by atoms with Crippen LogP contribution in [0.1, 0.15) is 39.0 Å². The Balaban J connectivity index is 1.55. The van der Waals surface area contributed by atoms with Crippen LogP contribution in [0.25, 0.3) is 0 Å². The number of carbonyl (C=O) groups excluding carboxylic acids is 2. The number of hydrogen-bond acceptors (Lipinski definition) is 2. The standard InChI is InChI=1S/C13H22N2O2/c1-2-4-14-12(16)3-5-15-13(17)11-7-9-6-10(9)8-11/h9-11H,2-8H2,1H3,(H,14,16)(H,15,17). The van der Waals surface area contributed by atoms with Crippen LogP contribution in [0.2, 0.25) is 0 Å². The van der Waals surface area contributed by atoms with Crippen LogP contribution in [0.5, 0.6) is 0 Å². The molecule has 0 aromatic heterocycles. The van der Waals surface area contributed by atoms with Gasteiger partial charge >= 0.3 is 0 Å². The van der Waals surface area contributed by atoms with E-state index in [0.717, 1.165) is 37.6 Å². The fraction of sp³-hybridized carbons (Fsp3) is 0.846. The Bertz CT molecular complexity index is 294. The average molecular weight is 238 g/mol. The summed E-state index contributed by atoms with van der Waals surface area (Å²) in [5.74, 6) is 2.07. The van der Waals surface area contributed by atoms with E-state index in [1.54, 1.807) is 0 Å². The van der Waals surface area contributed by atoms with Gasteiger partial charge in [-0.05, 0) is 37.5 Å². The molecule has 4 nitrogen and oxygen atoms in total. The fourth-order valence-electron chi connectivity index (χ4n) is 2.73. The summed E-state index contributed by atoms with van der Waals surface area (Å²) in [6, 6.07) is 0. The number of fused-ring (bicyclic) bond motifs is 1. The van der Waals surface area contributed by atoms with E-state index >= 15 is 0 Å². The Morgan fingerprint density at radius 1 is 1.06 bits per heavy atom. The third-order valence-electron chi connectivity index (χ3n) is 3.84. The van der Waals surface area contributed by atoms with Gasteiger partial charge in [-0.3, -0.25) is 9.59 Å². The van der Waals surface area contributed by atoms with Crippen LogP contribution in [0.3, 0.4) is 0 Å². The normalized spacial score (nSPS) is 29.6. The summed E-state index contributed by atoms with van der Waals surface area (Å²) in [5.41, 5.74) is 0. The van der Waals surface area contributed by atoms with E-state index in [0.29, 0.717) is 13.0 Å². The molecule has 2 N–H and O–H groups in total. The van der Waals surface area contributed by atoms with Crippen molar-refractivity contribution in [2.24, 2.45) is 17.8 Å². The molecule has 2 fully saturated rings. The highest BCUT2D eigenvalue weighted by molar-refractivity contribution is 5.80. The summed E-state index contributed by atoms with van der Waals surface area (Å²) in [7, 11) is 0. The van der Waals surface area contributed by atoms with Crippen molar-refractivity contribution in [2.75, 3.05) is 13.1 Å². The fourth-order valence-corrected chi connectivity index (χ4v) is 2.73. The molecule has 0 aromatic rings. The van der Waals surface area contributed by atoms with Crippen molar-refractivity contribution in [3.8, 4) is 0 Å². The molecule has 0 saturated heterocycles. The van der Waals surface area contributed by atoms with Crippen molar-refractivity contribution in [3.05, 3.63) is 0 Å². The lowest BCUT2D eigenvalue weighted by atomic mass is 10.0. The average Bonchev–Trinajstić information content (AvgIpc) is 2.93. The maximum Gasteiger partial charge on any atom is 0.223 e. The summed E-state index contributed by atoms with van der Waals surface area (Å²) in [4.78, 5) is 23.1. The quantitative estimate of drug-likeness (QED) is 0.727. The van der Waals surface area contributed by atoms with Crippen molar-refractivity contribution in [1.29, 1.82) is 0 Å². The van der Waals surface area contributed by atoms with Gasteiger partial charge in [0.05, 0.1) is 0 Å². The zero-order chi connectivity index (χ0) is 12.3. The van der Waals surface area contributed by atoms with Crippen LogP contribution in [-0.2, 0) is 9.59 Å². The summed E-state index contributed by atoms with van der Waals surface area (Å²) in [6.07, 6.45) is 4.81. The van der Waals surface area contributed by atoms with E-state index in [-0.39, 0.29) is 17.7 Å². The van der Waals surface area contributed by atoms with Crippen LogP contribution in [0.15, 0.2) is 0 Å². The molecule has 2 saturated carbocycles. The Hall–Kier alpha value is -1.06. The number of nitrogens with one attached hydrogen (secondary N) is 2. The van der Waals surface area contributed by atoms with Crippen molar-refractivity contribution >= 4 is 11.8 Å². The summed E-state index contributed by atoms with van der Waals surface area (Å²) in [6.45, 7) is 3.21. The van der Waals surface area contributed by atoms with E-state index < -0.39 is 0 Å². The molecule has 2 unspecified atom stereocenters. The van der Waals surface area contributed by atoms with Gasteiger partial charge in [-0.25, -0.2) is 0 Å². The summed E-state index contributed by atoms with van der Waals surface area (Å²) < 4.78 is 0. The number of amides is 2. The topological polar surface area (TPSA) is 58.2 Å². The van der Waals surface area contributed by atoms with Gasteiger partial charge in [0, 0.05) is 25.4 Å². The monoisotopic (exact) mass is 238 g/mol. The minimum absolute atomic E-state index is 0.0291. The van der Waals surface area contributed by atoms with Crippen LogP contribution < -0.4 is 10.6 Å². The molecule has 0 bridgehead atoms. The van der Waals surface area contributed by atoms with Gasteiger partial charge in [-0.2, -0.15) is 0 Å². The van der Waals surface area contributed by atoms with Gasteiger partial charge in [0.2, 0.25) is 11.8 Å². The van der Waals surface area contributed by atoms with Gasteiger partial charge in [0.15, 0.2) is 0 Å². The Kier molecular flexibility index (Phi) is 4.02. The van der Waals surface area contributed by atoms with E-state index in [2.05, 4.69) is 10.6 Å². The SMILES string of the molecule is CCCNC(=O)CCNC(=O)C1CC2CC2C1. The molecular weight excluding hydrogens is 216 g/mol. The first-order chi connectivity index (χ1) is 8.20. The molecule has 96 valence electrons. The first kappa shape index (κ1) is 12.4. The lowest BCUT2D eigenvalue weighted by Crippen LogP contribution is -2.34. The summed E-state index contributed by atoms with van der Waals surface area (Å²) >= 11 is 0. The minimum atomic E-state index is 0.0291. The van der Waals surface area contributed by atoms with Gasteiger partial charge in [-0.15, -0.1) is 0 Å². The number of hydrogen-bond donors (Lipinski definition) is 2. The summed E-state index contributed by atoms with van der Waals surface area (Å²) in [5, 5.41) is 5.67. The molecule has 0 spiro atoms. The Morgan fingerprint density at radius 3 is 2.41 bits per heavy atom. The van der Waals surface area contributed by atoms with Crippen LogP contribution >= 0.6 is 0 Å². The molecule has 2 aliphatic carbocycles. The lowest BCUT2D eigenvalue weighted by molar-refractivity contribution is -0.125. The zero-order valence-electron chi connectivity index (χ0n) is 10.5. The largest absolute Gasteiger partial charge is 0.356 e. The zero-order valence-corrected chi connectivity index (χ0v) is 10.5. The van der Waals surface area contributed by atoms with Gasteiger partial charge in [0.1, 0.15) is 0 Å². The predicted molar refractivity (Wildman–Crippen MR) is 65.2 cm³/mol. The second-order valence-corrected chi connectivity index (χ2v) is 5.32. The molecular formula is C13H22N2O2. The highest BCUT2D eigenvalue weighted by atomic mass is 16.2.